The SMILES string of the molecule is CCC/C=C/C/C=C/C/C=C/C/C=C/CCCCCC(=O)O[C@H](COC(=O)CCCCCCCCC)COP(=O)(O)OCC[N+](C)(C)C. The lowest BCUT2D eigenvalue weighted by Gasteiger charge is -2.24. The molecule has 0 fully saturated rings. The van der Waals surface area contributed by atoms with Crippen LogP contribution in [0.2, 0.25) is 0 Å². The van der Waals surface area contributed by atoms with Crippen molar-refractivity contribution in [1.82, 2.24) is 0 Å². The van der Waals surface area contributed by atoms with Gasteiger partial charge < -0.3 is 18.9 Å². The normalized spacial score (nSPS) is 14.4. The fourth-order valence-corrected chi connectivity index (χ4v) is 5.16. The summed E-state index contributed by atoms with van der Waals surface area (Å²) < 4.78 is 34.0. The van der Waals surface area contributed by atoms with Crippen LogP contribution in [0.3, 0.4) is 0 Å². The van der Waals surface area contributed by atoms with Gasteiger partial charge >= 0.3 is 19.8 Å². The number of esters is 2. The Morgan fingerprint density at radius 2 is 1.17 bits per heavy atom. The maximum Gasteiger partial charge on any atom is 0.472 e. The smallest absolute Gasteiger partial charge is 0.462 e. The molecule has 0 saturated carbocycles. The second kappa shape index (κ2) is 31.0. The summed E-state index contributed by atoms with van der Waals surface area (Å²) in [4.78, 5) is 35.0. The standard InChI is InChI=1S/C38H68NO8P/c1-6-8-10-12-14-15-16-17-18-19-20-21-22-23-25-27-29-31-38(41)47-36(35-46-48(42,43)45-33-32-39(3,4)5)34-44-37(40)30-28-26-24-13-11-9-7-2/h10,12,15-16,18-19,21-22,36H,6-9,11,13-14,17,20,23-35H2,1-5H3/p+1/b12-10+,16-15+,19-18+,22-21+/t36-/m1/s1. The number of rotatable bonds is 32. The molecule has 0 aliphatic rings. The molecule has 0 aromatic heterocycles. The molecule has 0 aliphatic heterocycles. The number of quaternary nitrogens is 1. The van der Waals surface area contributed by atoms with E-state index in [1.54, 1.807) is 0 Å². The molecular weight excluding hydrogens is 629 g/mol. The molecule has 0 heterocycles. The number of carbonyl (C=O) groups is 2. The molecule has 0 bridgehead atoms. The Labute approximate surface area is 293 Å². The monoisotopic (exact) mass is 698 g/mol. The number of likely N-dealkylation sites (N-methyl/N-ethyl adjacent to an activating group) is 1. The van der Waals surface area contributed by atoms with Gasteiger partial charge in [-0.3, -0.25) is 18.6 Å². The Bertz CT molecular complexity index is 970. The molecule has 1 N–H and O–H groups in total. The van der Waals surface area contributed by atoms with Gasteiger partial charge in [-0.25, -0.2) is 4.57 Å². The highest BCUT2D eigenvalue weighted by Crippen LogP contribution is 2.43. The number of allylic oxidation sites excluding steroid dienone is 8. The molecule has 278 valence electrons. The summed E-state index contributed by atoms with van der Waals surface area (Å²) in [5.41, 5.74) is 0. The molecule has 0 aromatic rings. The lowest BCUT2D eigenvalue weighted by atomic mass is 10.1. The van der Waals surface area contributed by atoms with E-state index in [-0.39, 0.29) is 32.0 Å². The van der Waals surface area contributed by atoms with Crippen molar-refractivity contribution in [2.45, 2.75) is 136 Å². The van der Waals surface area contributed by atoms with Crippen LogP contribution in [-0.2, 0) is 32.7 Å². The van der Waals surface area contributed by atoms with Crippen molar-refractivity contribution in [3.63, 3.8) is 0 Å². The molecule has 0 radical (unpaired) electrons. The number of carbonyl (C=O) groups excluding carboxylic acids is 2. The van der Waals surface area contributed by atoms with E-state index in [0.717, 1.165) is 64.2 Å². The Morgan fingerprint density at radius 1 is 0.646 bits per heavy atom. The van der Waals surface area contributed by atoms with Crippen LogP contribution in [0.1, 0.15) is 129 Å². The summed E-state index contributed by atoms with van der Waals surface area (Å²) in [5.74, 6) is -0.848. The predicted molar refractivity (Wildman–Crippen MR) is 196 cm³/mol. The van der Waals surface area contributed by atoms with Gasteiger partial charge in [0.05, 0.1) is 27.7 Å². The Hall–Kier alpha value is -2.03. The Balaban J connectivity index is 4.48. The zero-order chi connectivity index (χ0) is 35.8. The van der Waals surface area contributed by atoms with Crippen LogP contribution in [0.4, 0.5) is 0 Å². The van der Waals surface area contributed by atoms with Crippen LogP contribution in [0, 0.1) is 0 Å². The van der Waals surface area contributed by atoms with Crippen molar-refractivity contribution in [3.8, 4) is 0 Å². The first-order valence-corrected chi connectivity index (χ1v) is 19.9. The number of nitrogens with zero attached hydrogens (tertiary/aromatic N) is 1. The Morgan fingerprint density at radius 3 is 1.75 bits per heavy atom. The summed E-state index contributed by atoms with van der Waals surface area (Å²) in [6.07, 6.45) is 33.2. The van der Waals surface area contributed by atoms with Gasteiger partial charge in [0.15, 0.2) is 6.10 Å². The average Bonchev–Trinajstić information content (AvgIpc) is 3.02. The van der Waals surface area contributed by atoms with E-state index in [1.807, 2.05) is 21.1 Å². The van der Waals surface area contributed by atoms with Crippen LogP contribution < -0.4 is 0 Å². The first kappa shape index (κ1) is 46.0. The van der Waals surface area contributed by atoms with Gasteiger partial charge in [0.25, 0.3) is 0 Å². The van der Waals surface area contributed by atoms with Crippen LogP contribution in [0.15, 0.2) is 48.6 Å². The van der Waals surface area contributed by atoms with Crippen molar-refractivity contribution in [2.24, 2.45) is 0 Å². The fourth-order valence-electron chi connectivity index (χ4n) is 4.41. The van der Waals surface area contributed by atoms with Crippen molar-refractivity contribution in [3.05, 3.63) is 48.6 Å². The van der Waals surface area contributed by atoms with Gasteiger partial charge in [0.1, 0.15) is 19.8 Å². The topological polar surface area (TPSA) is 108 Å². The number of ether oxygens (including phenoxy) is 2. The molecule has 0 aromatic carbocycles. The maximum absolute atomic E-state index is 12.6. The second-order valence-corrected chi connectivity index (χ2v) is 14.7. The third kappa shape index (κ3) is 33.9. The van der Waals surface area contributed by atoms with E-state index in [4.69, 9.17) is 18.5 Å². The van der Waals surface area contributed by atoms with E-state index < -0.39 is 26.5 Å². The highest BCUT2D eigenvalue weighted by Gasteiger charge is 2.27. The van der Waals surface area contributed by atoms with E-state index in [9.17, 15) is 19.0 Å². The summed E-state index contributed by atoms with van der Waals surface area (Å²) in [5, 5.41) is 0. The third-order valence-electron chi connectivity index (χ3n) is 7.34. The quantitative estimate of drug-likeness (QED) is 0.0243. The average molecular weight is 699 g/mol. The largest absolute Gasteiger partial charge is 0.472 e. The first-order chi connectivity index (χ1) is 23.0. The minimum Gasteiger partial charge on any atom is -0.462 e. The molecule has 0 spiro atoms. The van der Waals surface area contributed by atoms with Gasteiger partial charge in [-0.15, -0.1) is 0 Å². The van der Waals surface area contributed by atoms with Gasteiger partial charge in [0.2, 0.25) is 0 Å². The van der Waals surface area contributed by atoms with Crippen molar-refractivity contribution < 1.29 is 42.1 Å². The summed E-state index contributed by atoms with van der Waals surface area (Å²) in [6, 6.07) is 0. The summed E-state index contributed by atoms with van der Waals surface area (Å²) in [7, 11) is 1.44. The Kier molecular flexibility index (Phi) is 29.7. The van der Waals surface area contributed by atoms with E-state index in [2.05, 4.69) is 62.5 Å². The highest BCUT2D eigenvalue weighted by molar-refractivity contribution is 7.47. The van der Waals surface area contributed by atoms with Gasteiger partial charge in [-0.2, -0.15) is 0 Å². The number of unbranched alkanes of at least 4 members (excludes halogenated alkanes) is 10. The molecule has 0 saturated heterocycles. The fraction of sp³-hybridized carbons (Fsp3) is 0.737. The number of phosphoric ester groups is 1. The first-order valence-electron chi connectivity index (χ1n) is 18.4. The number of phosphoric acid groups is 1. The van der Waals surface area contributed by atoms with Crippen molar-refractivity contribution in [2.75, 3.05) is 47.5 Å². The molecule has 0 amide bonds. The number of hydrogen-bond donors (Lipinski definition) is 1. The van der Waals surface area contributed by atoms with Crippen LogP contribution >= 0.6 is 7.82 Å². The molecule has 10 heteroatoms. The lowest BCUT2D eigenvalue weighted by molar-refractivity contribution is -0.870. The molecule has 2 atom stereocenters. The van der Waals surface area contributed by atoms with Gasteiger partial charge in [-0.1, -0.05) is 114 Å². The predicted octanol–water partition coefficient (Wildman–Crippen LogP) is 9.57. The van der Waals surface area contributed by atoms with Gasteiger partial charge in [-0.05, 0) is 51.4 Å². The summed E-state index contributed by atoms with van der Waals surface area (Å²) >= 11 is 0. The van der Waals surface area contributed by atoms with E-state index in [1.165, 1.54) is 32.1 Å². The van der Waals surface area contributed by atoms with Crippen LogP contribution in [-0.4, -0.2) is 74.9 Å². The maximum atomic E-state index is 12.6. The zero-order valence-electron chi connectivity index (χ0n) is 31.0. The molecule has 0 rings (SSSR count). The van der Waals surface area contributed by atoms with Crippen LogP contribution in [0.25, 0.3) is 0 Å². The minimum atomic E-state index is -4.37. The molecule has 9 nitrogen and oxygen atoms in total. The minimum absolute atomic E-state index is 0.0239. The highest BCUT2D eigenvalue weighted by atomic mass is 31.2. The second-order valence-electron chi connectivity index (χ2n) is 13.3. The molecular formula is C38H69NO8P+. The lowest BCUT2D eigenvalue weighted by Crippen LogP contribution is -2.37. The molecule has 1 unspecified atom stereocenters. The third-order valence-corrected chi connectivity index (χ3v) is 8.33. The van der Waals surface area contributed by atoms with E-state index in [0.29, 0.717) is 17.4 Å². The van der Waals surface area contributed by atoms with Crippen LogP contribution in [0.5, 0.6) is 0 Å². The molecule has 48 heavy (non-hydrogen) atoms. The number of hydrogen-bond acceptors (Lipinski definition) is 7. The van der Waals surface area contributed by atoms with Crippen molar-refractivity contribution >= 4 is 19.8 Å². The van der Waals surface area contributed by atoms with Crippen molar-refractivity contribution in [1.29, 1.82) is 0 Å². The molecule has 0 aliphatic carbocycles. The van der Waals surface area contributed by atoms with Gasteiger partial charge in [0, 0.05) is 12.8 Å². The summed E-state index contributed by atoms with van der Waals surface area (Å²) in [6.45, 7) is 4.23. The zero-order valence-corrected chi connectivity index (χ0v) is 31.8. The van der Waals surface area contributed by atoms with E-state index >= 15 is 0 Å².